The number of benzene rings is 10. The van der Waals surface area contributed by atoms with Crippen molar-refractivity contribution in [2.45, 2.75) is 38.5 Å². The summed E-state index contributed by atoms with van der Waals surface area (Å²) >= 11 is 1.90. The summed E-state index contributed by atoms with van der Waals surface area (Å²) < 4.78 is 2.71. The molecule has 0 radical (unpaired) electrons. The van der Waals surface area contributed by atoms with Gasteiger partial charge in [-0.15, -0.1) is 11.3 Å². The van der Waals surface area contributed by atoms with E-state index in [4.69, 9.17) is 0 Å². The van der Waals surface area contributed by atoms with Crippen LogP contribution in [-0.4, -0.2) is 0 Å². The molecule has 1 aromatic heterocycles. The minimum Gasteiger partial charge on any atom is -0.135 e. The summed E-state index contributed by atoms with van der Waals surface area (Å²) in [7, 11) is 0. The van der Waals surface area contributed by atoms with Crippen LogP contribution in [0.15, 0.2) is 182 Å². The average molecular weight is 795 g/mol. The van der Waals surface area contributed by atoms with Crippen LogP contribution >= 0.6 is 11.3 Å². The van der Waals surface area contributed by atoms with Crippen molar-refractivity contribution in [2.24, 2.45) is 0 Å². The quantitative estimate of drug-likeness (QED) is 0.156. The molecule has 0 spiro atoms. The van der Waals surface area contributed by atoms with Crippen LogP contribution in [0.25, 0.3) is 108 Å². The Hall–Kier alpha value is -6.80. The molecule has 2 aliphatic carbocycles. The van der Waals surface area contributed by atoms with Crippen molar-refractivity contribution in [3.8, 4) is 55.6 Å². The van der Waals surface area contributed by atoms with Crippen LogP contribution in [0.1, 0.15) is 49.9 Å². The second kappa shape index (κ2) is 12.4. The van der Waals surface area contributed by atoms with Gasteiger partial charge in [-0.05, 0) is 153 Å². The molecule has 1 heteroatoms. The standard InChI is InChI=1S/C60H42S/c1-59(2)50-28-24-39(57-43-18-10-8-16-41(43)56(35-14-6-5-7-15-35)42-17-9-11-19-44(42)57)31-47(50)40-26-22-37(32-52(40)59)36-23-27-51-48(30-36)49-34-46-38(33-53(49)60(51,3)4)25-29-55-58(46)45-20-12-13-21-54(45)61-55/h5-34H,1-4H3. The Kier molecular flexibility index (Phi) is 7.11. The summed E-state index contributed by atoms with van der Waals surface area (Å²) in [5, 5.41) is 10.6. The topological polar surface area (TPSA) is 0 Å². The number of thiophene rings is 1. The van der Waals surface area contributed by atoms with E-state index in [0.29, 0.717) is 0 Å². The molecule has 0 nitrogen and oxygen atoms in total. The first-order valence-electron chi connectivity index (χ1n) is 21.6. The summed E-state index contributed by atoms with van der Waals surface area (Å²) in [4.78, 5) is 0. The van der Waals surface area contributed by atoms with Crippen LogP contribution in [0.3, 0.4) is 0 Å². The monoisotopic (exact) mass is 794 g/mol. The molecule has 11 aromatic rings. The first-order valence-corrected chi connectivity index (χ1v) is 22.4. The van der Waals surface area contributed by atoms with Gasteiger partial charge in [0, 0.05) is 31.0 Å². The molecular weight excluding hydrogens is 753 g/mol. The van der Waals surface area contributed by atoms with Crippen LogP contribution in [0.4, 0.5) is 0 Å². The van der Waals surface area contributed by atoms with Gasteiger partial charge >= 0.3 is 0 Å². The van der Waals surface area contributed by atoms with Crippen LogP contribution in [0.5, 0.6) is 0 Å². The van der Waals surface area contributed by atoms with E-state index in [1.165, 1.54) is 130 Å². The maximum Gasteiger partial charge on any atom is 0.0361 e. The zero-order valence-electron chi connectivity index (χ0n) is 34.7. The summed E-state index contributed by atoms with van der Waals surface area (Å²) in [6, 6.07) is 69.1. The van der Waals surface area contributed by atoms with Crippen molar-refractivity contribution in [1.82, 2.24) is 0 Å². The van der Waals surface area contributed by atoms with Crippen molar-refractivity contribution in [2.75, 3.05) is 0 Å². The van der Waals surface area contributed by atoms with Crippen molar-refractivity contribution in [3.05, 3.63) is 204 Å². The molecule has 0 amide bonds. The average Bonchev–Trinajstić information content (AvgIpc) is 3.86. The van der Waals surface area contributed by atoms with E-state index in [1.54, 1.807) is 0 Å². The highest BCUT2D eigenvalue weighted by Crippen LogP contribution is 2.55. The molecule has 0 saturated heterocycles. The minimum atomic E-state index is -0.139. The highest BCUT2D eigenvalue weighted by atomic mass is 32.1. The van der Waals surface area contributed by atoms with Crippen LogP contribution < -0.4 is 0 Å². The smallest absolute Gasteiger partial charge is 0.0361 e. The lowest BCUT2D eigenvalue weighted by Gasteiger charge is -2.23. The van der Waals surface area contributed by atoms with Gasteiger partial charge in [0.2, 0.25) is 0 Å². The molecule has 0 atom stereocenters. The normalized spacial score (nSPS) is 14.5. The van der Waals surface area contributed by atoms with Gasteiger partial charge < -0.3 is 0 Å². The van der Waals surface area contributed by atoms with Crippen molar-refractivity contribution < 1.29 is 0 Å². The zero-order chi connectivity index (χ0) is 40.8. The lowest BCUT2D eigenvalue weighted by atomic mass is 9.80. The van der Waals surface area contributed by atoms with E-state index in [0.717, 1.165) is 0 Å². The maximum atomic E-state index is 2.51. The van der Waals surface area contributed by atoms with E-state index < -0.39 is 0 Å². The third kappa shape index (κ3) is 4.81. The molecule has 0 saturated carbocycles. The molecule has 0 bridgehead atoms. The molecule has 0 unspecified atom stereocenters. The second-order valence-corrected chi connectivity index (χ2v) is 19.5. The summed E-state index contributed by atoms with van der Waals surface area (Å²) in [5.41, 5.74) is 18.5. The fraction of sp³-hybridized carbons (Fsp3) is 0.100. The van der Waals surface area contributed by atoms with Gasteiger partial charge in [0.1, 0.15) is 0 Å². The number of hydrogen-bond acceptors (Lipinski definition) is 1. The minimum absolute atomic E-state index is 0.0825. The largest absolute Gasteiger partial charge is 0.135 e. The second-order valence-electron chi connectivity index (χ2n) is 18.4. The molecule has 0 aliphatic heterocycles. The molecule has 0 N–H and O–H groups in total. The molecule has 288 valence electrons. The predicted octanol–water partition coefficient (Wildman–Crippen LogP) is 17.1. The van der Waals surface area contributed by atoms with Gasteiger partial charge in [-0.1, -0.05) is 167 Å². The molecule has 1 heterocycles. The van der Waals surface area contributed by atoms with Crippen LogP contribution in [0.2, 0.25) is 0 Å². The fourth-order valence-electron chi connectivity index (χ4n) is 11.4. The van der Waals surface area contributed by atoms with Gasteiger partial charge in [-0.2, -0.15) is 0 Å². The van der Waals surface area contributed by atoms with Crippen molar-refractivity contribution in [3.63, 3.8) is 0 Å². The first-order chi connectivity index (χ1) is 29.8. The maximum absolute atomic E-state index is 2.51. The highest BCUT2D eigenvalue weighted by molar-refractivity contribution is 7.26. The van der Waals surface area contributed by atoms with Gasteiger partial charge in [-0.25, -0.2) is 0 Å². The fourth-order valence-corrected chi connectivity index (χ4v) is 12.5. The van der Waals surface area contributed by atoms with E-state index in [-0.39, 0.29) is 10.8 Å². The highest BCUT2D eigenvalue weighted by Gasteiger charge is 2.38. The molecule has 61 heavy (non-hydrogen) atoms. The molecule has 2 aliphatic rings. The van der Waals surface area contributed by atoms with E-state index in [9.17, 15) is 0 Å². The summed E-state index contributed by atoms with van der Waals surface area (Å²) in [5.74, 6) is 0. The zero-order valence-corrected chi connectivity index (χ0v) is 35.5. The Morgan fingerprint density at radius 1 is 0.311 bits per heavy atom. The van der Waals surface area contributed by atoms with Gasteiger partial charge in [0.25, 0.3) is 0 Å². The SMILES string of the molecule is CC1(C)c2ccc(-c3c4ccccc4c(-c4ccccc4)c4ccccc34)cc2-c2ccc(-c3ccc4c(c3)-c3cc5c(ccc6sc7ccccc7c65)cc3C4(C)C)cc21. The Morgan fingerprint density at radius 3 is 1.51 bits per heavy atom. The predicted molar refractivity (Wildman–Crippen MR) is 263 cm³/mol. The third-order valence-electron chi connectivity index (χ3n) is 14.4. The lowest BCUT2D eigenvalue weighted by Crippen LogP contribution is -2.15. The van der Waals surface area contributed by atoms with Gasteiger partial charge in [0.15, 0.2) is 0 Å². The summed E-state index contributed by atoms with van der Waals surface area (Å²) in [6.07, 6.45) is 0. The van der Waals surface area contributed by atoms with Gasteiger partial charge in [-0.3, -0.25) is 0 Å². The number of fused-ring (bicyclic) bond motifs is 13. The molecule has 0 fully saturated rings. The Balaban J connectivity index is 0.947. The third-order valence-corrected chi connectivity index (χ3v) is 15.6. The van der Waals surface area contributed by atoms with Crippen molar-refractivity contribution >= 4 is 63.8 Å². The van der Waals surface area contributed by atoms with Crippen LogP contribution in [0, 0.1) is 0 Å². The Morgan fingerprint density at radius 2 is 0.820 bits per heavy atom. The Labute approximate surface area is 360 Å². The molecule has 10 aromatic carbocycles. The molecular formula is C60H42S. The number of rotatable bonds is 3. The van der Waals surface area contributed by atoms with Gasteiger partial charge in [0.05, 0.1) is 0 Å². The molecule has 13 rings (SSSR count). The summed E-state index contributed by atoms with van der Waals surface area (Å²) in [6.45, 7) is 9.60. The lowest BCUT2D eigenvalue weighted by molar-refractivity contribution is 0.660. The van der Waals surface area contributed by atoms with Crippen LogP contribution in [-0.2, 0) is 10.8 Å². The first kappa shape index (κ1) is 35.0. The number of hydrogen-bond donors (Lipinski definition) is 0. The van der Waals surface area contributed by atoms with E-state index >= 15 is 0 Å². The van der Waals surface area contributed by atoms with Crippen molar-refractivity contribution in [1.29, 1.82) is 0 Å². The van der Waals surface area contributed by atoms with E-state index in [2.05, 4.69) is 210 Å². The Bertz CT molecular complexity index is 3630. The van der Waals surface area contributed by atoms with E-state index in [1.807, 2.05) is 11.3 Å².